The summed E-state index contributed by atoms with van der Waals surface area (Å²) in [6.45, 7) is 2.30. The predicted molar refractivity (Wildman–Crippen MR) is 64.5 cm³/mol. The zero-order valence-electron chi connectivity index (χ0n) is 9.83. The van der Waals surface area contributed by atoms with E-state index in [4.69, 9.17) is 0 Å². The zero-order valence-corrected chi connectivity index (χ0v) is 9.83. The Bertz CT molecular complexity index is 435. The van der Waals surface area contributed by atoms with E-state index >= 15 is 0 Å². The Kier molecular flexibility index (Phi) is 2.17. The van der Waals surface area contributed by atoms with Gasteiger partial charge >= 0.3 is 0 Å². The summed E-state index contributed by atoms with van der Waals surface area (Å²) in [5, 5.41) is 0. The molecule has 1 aromatic carbocycles. The topological polar surface area (TPSA) is 17.1 Å². The predicted octanol–water partition coefficient (Wildman–Crippen LogP) is 3.26. The third-order valence-electron chi connectivity index (χ3n) is 4.61. The van der Waals surface area contributed by atoms with Crippen LogP contribution in [0.4, 0.5) is 0 Å². The van der Waals surface area contributed by atoms with Gasteiger partial charge in [-0.05, 0) is 36.8 Å². The van der Waals surface area contributed by atoms with Gasteiger partial charge in [-0.15, -0.1) is 0 Å². The molecule has 0 saturated heterocycles. The first kappa shape index (κ1) is 10.1. The van der Waals surface area contributed by atoms with Gasteiger partial charge in [-0.3, -0.25) is 4.79 Å². The van der Waals surface area contributed by atoms with E-state index in [1.165, 1.54) is 17.5 Å². The Morgan fingerprint density at radius 3 is 2.94 bits per heavy atom. The molecular weight excluding hydrogens is 196 g/mol. The lowest BCUT2D eigenvalue weighted by atomic mass is 9.58. The van der Waals surface area contributed by atoms with Crippen molar-refractivity contribution in [1.29, 1.82) is 0 Å². The van der Waals surface area contributed by atoms with Gasteiger partial charge in [0.1, 0.15) is 5.78 Å². The fourth-order valence-corrected chi connectivity index (χ4v) is 3.73. The maximum atomic E-state index is 12.0. The number of carbonyl (C=O) groups excluding carboxylic acids is 1. The van der Waals surface area contributed by atoms with Crippen LogP contribution in [-0.2, 0) is 16.6 Å². The van der Waals surface area contributed by atoms with Crippen LogP contribution >= 0.6 is 0 Å². The Balaban J connectivity index is 2.12. The SMILES string of the molecule is C[C@]12CCCC(=O)[C@H]1CCc1ccccc12. The van der Waals surface area contributed by atoms with E-state index in [1.54, 1.807) is 0 Å². The van der Waals surface area contributed by atoms with E-state index in [9.17, 15) is 4.79 Å². The minimum absolute atomic E-state index is 0.129. The Hall–Kier alpha value is -1.11. The molecule has 16 heavy (non-hydrogen) atoms. The Morgan fingerprint density at radius 1 is 1.25 bits per heavy atom. The molecular formula is C15H18O. The summed E-state index contributed by atoms with van der Waals surface area (Å²) >= 11 is 0. The van der Waals surface area contributed by atoms with Gasteiger partial charge in [-0.1, -0.05) is 31.2 Å². The molecule has 1 nitrogen and oxygen atoms in total. The summed E-state index contributed by atoms with van der Waals surface area (Å²) in [5.74, 6) is 0.791. The van der Waals surface area contributed by atoms with Crippen LogP contribution in [0, 0.1) is 5.92 Å². The molecule has 0 unspecified atom stereocenters. The number of Topliss-reactive ketones (excluding diaryl/α,β-unsaturated/α-hetero) is 1. The van der Waals surface area contributed by atoms with Crippen molar-refractivity contribution >= 4 is 5.78 Å². The van der Waals surface area contributed by atoms with Gasteiger partial charge in [0.05, 0.1) is 0 Å². The first-order valence-electron chi connectivity index (χ1n) is 6.33. The standard InChI is InChI=1S/C15H18O/c1-15-10-4-7-14(16)13(15)9-8-11-5-2-3-6-12(11)15/h2-3,5-6,13H,4,7-10H2,1H3/t13-,15-/m1/s1. The number of hydrogen-bond donors (Lipinski definition) is 0. The van der Waals surface area contributed by atoms with Gasteiger partial charge in [0.25, 0.3) is 0 Å². The van der Waals surface area contributed by atoms with Gasteiger partial charge in [0.2, 0.25) is 0 Å². The molecule has 0 bridgehead atoms. The molecule has 1 aromatic rings. The lowest BCUT2D eigenvalue weighted by Gasteiger charge is -2.45. The number of benzene rings is 1. The Morgan fingerprint density at radius 2 is 2.06 bits per heavy atom. The minimum Gasteiger partial charge on any atom is -0.299 e. The van der Waals surface area contributed by atoms with Crippen LogP contribution in [-0.4, -0.2) is 5.78 Å². The van der Waals surface area contributed by atoms with Crippen LogP contribution in [0.1, 0.15) is 43.7 Å². The number of carbonyl (C=O) groups is 1. The third-order valence-corrected chi connectivity index (χ3v) is 4.61. The quantitative estimate of drug-likeness (QED) is 0.648. The summed E-state index contributed by atoms with van der Waals surface area (Å²) < 4.78 is 0. The molecule has 0 N–H and O–H groups in total. The van der Waals surface area contributed by atoms with E-state index in [2.05, 4.69) is 31.2 Å². The fourth-order valence-electron chi connectivity index (χ4n) is 3.73. The number of hydrogen-bond acceptors (Lipinski definition) is 1. The van der Waals surface area contributed by atoms with Crippen molar-refractivity contribution in [2.45, 2.75) is 44.4 Å². The van der Waals surface area contributed by atoms with Crippen LogP contribution in [0.3, 0.4) is 0 Å². The normalized spacial score (nSPS) is 33.1. The van der Waals surface area contributed by atoms with Crippen molar-refractivity contribution < 1.29 is 4.79 Å². The number of ketones is 1. The van der Waals surface area contributed by atoms with E-state index in [-0.39, 0.29) is 11.3 Å². The van der Waals surface area contributed by atoms with E-state index < -0.39 is 0 Å². The molecule has 0 heterocycles. The van der Waals surface area contributed by atoms with Crippen molar-refractivity contribution in [1.82, 2.24) is 0 Å². The molecule has 0 aliphatic heterocycles. The van der Waals surface area contributed by atoms with E-state index in [0.717, 1.165) is 25.7 Å². The molecule has 1 fully saturated rings. The average Bonchev–Trinajstić information content (AvgIpc) is 2.29. The van der Waals surface area contributed by atoms with Crippen LogP contribution < -0.4 is 0 Å². The smallest absolute Gasteiger partial charge is 0.136 e. The highest BCUT2D eigenvalue weighted by Crippen LogP contribution is 2.48. The number of rotatable bonds is 0. The molecule has 2 aliphatic carbocycles. The summed E-state index contributed by atoms with van der Waals surface area (Å²) in [4.78, 5) is 12.0. The largest absolute Gasteiger partial charge is 0.299 e. The number of aryl methyl sites for hydroxylation is 1. The second kappa shape index (κ2) is 3.44. The van der Waals surface area contributed by atoms with Crippen molar-refractivity contribution in [3.63, 3.8) is 0 Å². The molecule has 84 valence electrons. The maximum absolute atomic E-state index is 12.0. The van der Waals surface area contributed by atoms with Gasteiger partial charge in [0.15, 0.2) is 0 Å². The molecule has 2 atom stereocenters. The van der Waals surface area contributed by atoms with E-state index in [1.807, 2.05) is 0 Å². The molecule has 1 heteroatoms. The van der Waals surface area contributed by atoms with Crippen molar-refractivity contribution in [3.8, 4) is 0 Å². The summed E-state index contributed by atoms with van der Waals surface area (Å²) in [5.41, 5.74) is 3.04. The van der Waals surface area contributed by atoms with Gasteiger partial charge < -0.3 is 0 Å². The first-order valence-corrected chi connectivity index (χ1v) is 6.33. The van der Waals surface area contributed by atoms with Crippen molar-refractivity contribution in [2.24, 2.45) is 5.92 Å². The van der Waals surface area contributed by atoms with Gasteiger partial charge in [-0.2, -0.15) is 0 Å². The summed E-state index contributed by atoms with van der Waals surface area (Å²) in [6, 6.07) is 8.70. The molecule has 0 spiro atoms. The van der Waals surface area contributed by atoms with Gasteiger partial charge in [0, 0.05) is 17.8 Å². The summed E-state index contributed by atoms with van der Waals surface area (Å²) in [6.07, 6.45) is 5.21. The minimum atomic E-state index is 0.129. The molecule has 1 saturated carbocycles. The molecule has 0 radical (unpaired) electrons. The lowest BCUT2D eigenvalue weighted by molar-refractivity contribution is -0.128. The number of fused-ring (bicyclic) bond motifs is 3. The lowest BCUT2D eigenvalue weighted by Crippen LogP contribution is -2.44. The zero-order chi connectivity index (χ0) is 11.2. The van der Waals surface area contributed by atoms with Crippen molar-refractivity contribution in [2.75, 3.05) is 0 Å². The average molecular weight is 214 g/mol. The van der Waals surface area contributed by atoms with E-state index in [0.29, 0.717) is 5.78 Å². The third kappa shape index (κ3) is 1.27. The second-order valence-electron chi connectivity index (χ2n) is 5.49. The molecule has 2 aliphatic rings. The molecule has 3 rings (SSSR count). The highest BCUT2D eigenvalue weighted by molar-refractivity contribution is 5.84. The second-order valence-corrected chi connectivity index (χ2v) is 5.49. The van der Waals surface area contributed by atoms with Crippen LogP contribution in [0.5, 0.6) is 0 Å². The van der Waals surface area contributed by atoms with Crippen LogP contribution in [0.25, 0.3) is 0 Å². The highest BCUT2D eigenvalue weighted by Gasteiger charge is 2.45. The summed E-state index contributed by atoms with van der Waals surface area (Å²) in [7, 11) is 0. The molecule has 0 aromatic heterocycles. The van der Waals surface area contributed by atoms with Crippen molar-refractivity contribution in [3.05, 3.63) is 35.4 Å². The monoisotopic (exact) mass is 214 g/mol. The van der Waals surface area contributed by atoms with Crippen LogP contribution in [0.15, 0.2) is 24.3 Å². The first-order chi connectivity index (χ1) is 7.72. The maximum Gasteiger partial charge on any atom is 0.136 e. The van der Waals surface area contributed by atoms with Crippen LogP contribution in [0.2, 0.25) is 0 Å². The molecule has 0 amide bonds. The fraction of sp³-hybridized carbons (Fsp3) is 0.533. The van der Waals surface area contributed by atoms with Gasteiger partial charge in [-0.25, -0.2) is 0 Å². The Labute approximate surface area is 96.9 Å². The highest BCUT2D eigenvalue weighted by atomic mass is 16.1.